The van der Waals surface area contributed by atoms with Gasteiger partial charge in [0.2, 0.25) is 0 Å². The van der Waals surface area contributed by atoms with E-state index in [-0.39, 0.29) is 11.9 Å². The highest BCUT2D eigenvalue weighted by Crippen LogP contribution is 2.09. The minimum absolute atomic E-state index is 0.244. The van der Waals surface area contributed by atoms with Crippen LogP contribution in [-0.4, -0.2) is 36.1 Å². The van der Waals surface area contributed by atoms with Crippen molar-refractivity contribution in [3.63, 3.8) is 0 Å². The van der Waals surface area contributed by atoms with Gasteiger partial charge in [-0.2, -0.15) is 10.3 Å². The van der Waals surface area contributed by atoms with Crippen LogP contribution in [0.4, 0.5) is 0 Å². The molecule has 1 atom stereocenters. The minimum Gasteiger partial charge on any atom is -0.341 e. The van der Waals surface area contributed by atoms with E-state index in [1.165, 1.54) is 0 Å². The topological polar surface area (TPSA) is 101 Å². The van der Waals surface area contributed by atoms with Crippen molar-refractivity contribution >= 4 is 11.4 Å². The normalized spacial score (nSPS) is 12.5. The Hall–Kier alpha value is -2.77. The Balaban J connectivity index is 1.86. The summed E-state index contributed by atoms with van der Waals surface area (Å²) < 4.78 is 1.58. The molecule has 0 fully saturated rings. The number of H-pyrrole nitrogens is 1. The van der Waals surface area contributed by atoms with Gasteiger partial charge in [0.15, 0.2) is 5.82 Å². The first kappa shape index (κ1) is 11.3. The van der Waals surface area contributed by atoms with Gasteiger partial charge in [-0.3, -0.25) is 4.79 Å². The van der Waals surface area contributed by atoms with Gasteiger partial charge in [-0.1, -0.05) is 11.3 Å². The summed E-state index contributed by atoms with van der Waals surface area (Å²) >= 11 is 0. The van der Waals surface area contributed by atoms with E-state index in [0.717, 1.165) is 5.52 Å². The van der Waals surface area contributed by atoms with Crippen LogP contribution in [0.3, 0.4) is 0 Å². The predicted molar refractivity (Wildman–Crippen MR) is 65.3 cm³/mol. The Morgan fingerprint density at radius 2 is 2.32 bits per heavy atom. The molecular formula is C11H11N7O. The quantitative estimate of drug-likeness (QED) is 0.704. The minimum atomic E-state index is -0.336. The van der Waals surface area contributed by atoms with Crippen molar-refractivity contribution in [3.05, 3.63) is 42.0 Å². The standard InChI is InChI=1S/C11H11N7O/c1-7(10-14-16-17-15-10)13-11(19)9-4-2-3-8-5-6-12-18(8)9/h2-7H,1H3,(H,13,19)(H,14,15,16,17)/t7-/m0/s1. The second-order valence-electron chi connectivity index (χ2n) is 4.04. The van der Waals surface area contributed by atoms with Crippen LogP contribution < -0.4 is 5.32 Å². The number of aromatic nitrogens is 6. The third-order valence-corrected chi connectivity index (χ3v) is 2.75. The highest BCUT2D eigenvalue weighted by Gasteiger charge is 2.16. The summed E-state index contributed by atoms with van der Waals surface area (Å²) in [7, 11) is 0. The molecule has 8 nitrogen and oxygen atoms in total. The van der Waals surface area contributed by atoms with E-state index in [9.17, 15) is 4.79 Å². The van der Waals surface area contributed by atoms with Crippen LogP contribution >= 0.6 is 0 Å². The summed E-state index contributed by atoms with van der Waals surface area (Å²) in [6.45, 7) is 1.78. The fourth-order valence-corrected chi connectivity index (χ4v) is 1.81. The fraction of sp³-hybridized carbons (Fsp3) is 0.182. The number of amides is 1. The molecular weight excluding hydrogens is 246 g/mol. The first-order valence-electron chi connectivity index (χ1n) is 5.72. The van der Waals surface area contributed by atoms with Gasteiger partial charge in [0, 0.05) is 0 Å². The molecule has 0 radical (unpaired) electrons. The van der Waals surface area contributed by atoms with Crippen LogP contribution in [0.15, 0.2) is 30.5 Å². The molecule has 3 aromatic rings. The molecule has 19 heavy (non-hydrogen) atoms. The molecule has 3 rings (SSSR count). The lowest BCUT2D eigenvalue weighted by Crippen LogP contribution is -2.29. The van der Waals surface area contributed by atoms with E-state index >= 15 is 0 Å². The van der Waals surface area contributed by atoms with E-state index in [4.69, 9.17) is 0 Å². The van der Waals surface area contributed by atoms with E-state index in [1.807, 2.05) is 18.2 Å². The van der Waals surface area contributed by atoms with Crippen LogP contribution in [0.2, 0.25) is 0 Å². The fourth-order valence-electron chi connectivity index (χ4n) is 1.81. The molecule has 0 spiro atoms. The van der Waals surface area contributed by atoms with Crippen LogP contribution in [0.25, 0.3) is 5.52 Å². The number of nitrogens with one attached hydrogen (secondary N) is 2. The van der Waals surface area contributed by atoms with E-state index in [1.54, 1.807) is 23.7 Å². The van der Waals surface area contributed by atoms with Crippen LogP contribution in [0.5, 0.6) is 0 Å². The molecule has 0 aliphatic carbocycles. The van der Waals surface area contributed by atoms with Crippen LogP contribution in [-0.2, 0) is 0 Å². The number of hydrogen-bond acceptors (Lipinski definition) is 5. The van der Waals surface area contributed by atoms with Crippen molar-refractivity contribution in [2.75, 3.05) is 0 Å². The van der Waals surface area contributed by atoms with Crippen molar-refractivity contribution in [2.45, 2.75) is 13.0 Å². The average molecular weight is 257 g/mol. The summed E-state index contributed by atoms with van der Waals surface area (Å²) in [5, 5.41) is 20.4. The molecule has 1 amide bonds. The monoisotopic (exact) mass is 257 g/mol. The lowest BCUT2D eigenvalue weighted by Gasteiger charge is -2.10. The maximum Gasteiger partial charge on any atom is 0.270 e. The second kappa shape index (κ2) is 4.48. The van der Waals surface area contributed by atoms with Crippen molar-refractivity contribution in [2.24, 2.45) is 0 Å². The van der Waals surface area contributed by atoms with Crippen LogP contribution in [0, 0.1) is 0 Å². The summed E-state index contributed by atoms with van der Waals surface area (Å²) in [5.74, 6) is 0.188. The van der Waals surface area contributed by atoms with Gasteiger partial charge in [-0.05, 0) is 25.1 Å². The third-order valence-electron chi connectivity index (χ3n) is 2.75. The number of pyridine rings is 1. The molecule has 3 heterocycles. The van der Waals surface area contributed by atoms with Gasteiger partial charge in [0.05, 0.1) is 17.8 Å². The maximum absolute atomic E-state index is 12.2. The largest absolute Gasteiger partial charge is 0.341 e. The van der Waals surface area contributed by atoms with Gasteiger partial charge in [0.1, 0.15) is 5.69 Å². The smallest absolute Gasteiger partial charge is 0.270 e. The molecule has 0 saturated carbocycles. The van der Waals surface area contributed by atoms with E-state index in [2.05, 4.69) is 31.0 Å². The van der Waals surface area contributed by atoms with E-state index in [0.29, 0.717) is 11.5 Å². The Morgan fingerprint density at radius 1 is 1.42 bits per heavy atom. The zero-order chi connectivity index (χ0) is 13.2. The van der Waals surface area contributed by atoms with Gasteiger partial charge in [0.25, 0.3) is 5.91 Å². The Morgan fingerprint density at radius 3 is 3.11 bits per heavy atom. The molecule has 2 N–H and O–H groups in total. The van der Waals surface area contributed by atoms with Gasteiger partial charge in [-0.15, -0.1) is 10.2 Å². The first-order chi connectivity index (χ1) is 9.25. The van der Waals surface area contributed by atoms with Crippen molar-refractivity contribution in [3.8, 4) is 0 Å². The van der Waals surface area contributed by atoms with Gasteiger partial charge >= 0.3 is 0 Å². The molecule has 0 aliphatic rings. The van der Waals surface area contributed by atoms with Crippen LogP contribution in [0.1, 0.15) is 29.3 Å². The van der Waals surface area contributed by atoms with Gasteiger partial charge < -0.3 is 5.32 Å². The zero-order valence-electron chi connectivity index (χ0n) is 10.1. The number of aromatic amines is 1. The van der Waals surface area contributed by atoms with Gasteiger partial charge in [-0.25, -0.2) is 4.52 Å². The molecule has 0 bridgehead atoms. The lowest BCUT2D eigenvalue weighted by molar-refractivity contribution is 0.0931. The Labute approximate surface area is 107 Å². The van der Waals surface area contributed by atoms with Crippen molar-refractivity contribution < 1.29 is 4.79 Å². The molecule has 0 aliphatic heterocycles. The predicted octanol–water partition coefficient (Wildman–Crippen LogP) is 0.338. The zero-order valence-corrected chi connectivity index (χ0v) is 10.1. The SMILES string of the molecule is C[C@H](NC(=O)c1cccc2ccnn12)c1nn[nH]n1. The number of nitrogens with zero attached hydrogens (tertiary/aromatic N) is 5. The highest BCUT2D eigenvalue weighted by atomic mass is 16.2. The number of carbonyl (C=O) groups is 1. The first-order valence-corrected chi connectivity index (χ1v) is 5.72. The molecule has 0 unspecified atom stereocenters. The number of rotatable bonds is 3. The maximum atomic E-state index is 12.2. The molecule has 96 valence electrons. The van der Waals surface area contributed by atoms with Crippen molar-refractivity contribution in [1.29, 1.82) is 0 Å². The number of fused-ring (bicyclic) bond motifs is 1. The number of tetrazole rings is 1. The molecule has 3 aromatic heterocycles. The molecule has 0 aromatic carbocycles. The summed E-state index contributed by atoms with van der Waals surface area (Å²) in [6, 6.07) is 6.90. The Bertz CT molecular complexity index is 703. The average Bonchev–Trinajstić information content (AvgIpc) is 3.08. The van der Waals surface area contributed by atoms with Crippen molar-refractivity contribution in [1.82, 2.24) is 35.6 Å². The summed E-state index contributed by atoms with van der Waals surface area (Å²) in [5.41, 5.74) is 1.32. The molecule has 0 saturated heterocycles. The second-order valence-corrected chi connectivity index (χ2v) is 4.04. The van der Waals surface area contributed by atoms with E-state index < -0.39 is 0 Å². The summed E-state index contributed by atoms with van der Waals surface area (Å²) in [6.07, 6.45) is 1.65. The number of hydrogen-bond donors (Lipinski definition) is 2. The Kier molecular flexibility index (Phi) is 2.67. The number of carbonyl (C=O) groups excluding carboxylic acids is 1. The third kappa shape index (κ3) is 2.03. The highest BCUT2D eigenvalue weighted by molar-refractivity contribution is 5.93. The summed E-state index contributed by atoms with van der Waals surface area (Å²) in [4.78, 5) is 12.2. The lowest BCUT2D eigenvalue weighted by atomic mass is 10.2. The molecule has 8 heteroatoms.